The van der Waals surface area contributed by atoms with E-state index in [0.29, 0.717) is 0 Å². The second-order valence-electron chi connectivity index (χ2n) is 3.21. The molecular weight excluding hydrogens is 196 g/mol. The lowest BCUT2D eigenvalue weighted by Gasteiger charge is -2.03. The average molecular weight is 209 g/mol. The van der Waals surface area contributed by atoms with Gasteiger partial charge in [0, 0.05) is 5.69 Å². The van der Waals surface area contributed by atoms with Crippen LogP contribution in [0.5, 0.6) is 0 Å². The molecule has 0 fully saturated rings. The number of rotatable bonds is 1. The lowest BCUT2D eigenvalue weighted by Crippen LogP contribution is -2.06. The standard InChI is InChI=1S/C11H12N2.ClH/c1-8-2-3-10-7-11(13-12)5-4-9(10)6-8;/h2-7,13H,12H2,1H3;1H. The summed E-state index contributed by atoms with van der Waals surface area (Å²) in [6.45, 7) is 2.09. The first-order chi connectivity index (χ1) is 6.29. The van der Waals surface area contributed by atoms with Gasteiger partial charge in [-0.15, -0.1) is 12.4 Å². The molecular formula is C11H13ClN2. The highest BCUT2D eigenvalue weighted by Crippen LogP contribution is 2.19. The monoisotopic (exact) mass is 208 g/mol. The van der Waals surface area contributed by atoms with Crippen LogP contribution in [0.25, 0.3) is 10.8 Å². The molecule has 0 aromatic heterocycles. The Kier molecular flexibility index (Phi) is 3.33. The number of aryl methyl sites for hydroxylation is 1. The number of nitrogens with one attached hydrogen (secondary N) is 1. The molecule has 0 spiro atoms. The fourth-order valence-corrected chi connectivity index (χ4v) is 1.45. The SMILES string of the molecule is Cc1ccc2cc(NN)ccc2c1.Cl. The van der Waals surface area contributed by atoms with Crippen LogP contribution >= 0.6 is 12.4 Å². The van der Waals surface area contributed by atoms with E-state index in [2.05, 4.69) is 36.6 Å². The van der Waals surface area contributed by atoms with E-state index >= 15 is 0 Å². The molecule has 3 heteroatoms. The summed E-state index contributed by atoms with van der Waals surface area (Å²) in [7, 11) is 0. The van der Waals surface area contributed by atoms with Gasteiger partial charge in [0.1, 0.15) is 0 Å². The van der Waals surface area contributed by atoms with Crippen molar-refractivity contribution in [2.45, 2.75) is 6.92 Å². The van der Waals surface area contributed by atoms with Gasteiger partial charge in [-0.05, 0) is 29.8 Å². The van der Waals surface area contributed by atoms with E-state index in [0.717, 1.165) is 5.69 Å². The zero-order valence-electron chi connectivity index (χ0n) is 7.95. The van der Waals surface area contributed by atoms with Gasteiger partial charge in [-0.3, -0.25) is 5.84 Å². The minimum absolute atomic E-state index is 0. The number of hydrazine groups is 1. The molecule has 3 N–H and O–H groups in total. The molecule has 2 aromatic rings. The van der Waals surface area contributed by atoms with Gasteiger partial charge < -0.3 is 5.43 Å². The number of anilines is 1. The zero-order valence-corrected chi connectivity index (χ0v) is 8.77. The summed E-state index contributed by atoms with van der Waals surface area (Å²) in [4.78, 5) is 0. The van der Waals surface area contributed by atoms with Crippen LogP contribution in [0.3, 0.4) is 0 Å². The van der Waals surface area contributed by atoms with Crippen LogP contribution in [-0.4, -0.2) is 0 Å². The van der Waals surface area contributed by atoms with E-state index in [1.807, 2.05) is 12.1 Å². The maximum Gasteiger partial charge on any atom is 0.0491 e. The number of nitrogen functional groups attached to an aromatic ring is 1. The normalized spacial score (nSPS) is 9.57. The summed E-state index contributed by atoms with van der Waals surface area (Å²) in [5, 5.41) is 2.46. The Labute approximate surface area is 89.5 Å². The second kappa shape index (κ2) is 4.31. The van der Waals surface area contributed by atoms with Crippen molar-refractivity contribution in [2.24, 2.45) is 5.84 Å². The van der Waals surface area contributed by atoms with Crippen LogP contribution < -0.4 is 11.3 Å². The van der Waals surface area contributed by atoms with Gasteiger partial charge in [0.2, 0.25) is 0 Å². The van der Waals surface area contributed by atoms with Crippen molar-refractivity contribution < 1.29 is 0 Å². The van der Waals surface area contributed by atoms with Crippen molar-refractivity contribution in [1.82, 2.24) is 0 Å². The predicted molar refractivity (Wildman–Crippen MR) is 63.7 cm³/mol. The largest absolute Gasteiger partial charge is 0.324 e. The van der Waals surface area contributed by atoms with E-state index in [9.17, 15) is 0 Å². The molecule has 0 radical (unpaired) electrons. The molecule has 2 aromatic carbocycles. The lowest BCUT2D eigenvalue weighted by atomic mass is 10.1. The fourth-order valence-electron chi connectivity index (χ4n) is 1.45. The maximum atomic E-state index is 5.32. The van der Waals surface area contributed by atoms with Gasteiger partial charge in [0.15, 0.2) is 0 Å². The smallest absolute Gasteiger partial charge is 0.0491 e. The Bertz CT molecular complexity index is 440. The molecule has 2 nitrogen and oxygen atoms in total. The third-order valence-electron chi connectivity index (χ3n) is 2.16. The van der Waals surface area contributed by atoms with Crippen LogP contribution in [-0.2, 0) is 0 Å². The van der Waals surface area contributed by atoms with Crippen molar-refractivity contribution >= 4 is 28.9 Å². The molecule has 0 aliphatic heterocycles. The molecule has 0 bridgehead atoms. The Hall–Kier alpha value is -1.25. The molecule has 0 saturated heterocycles. The van der Waals surface area contributed by atoms with E-state index in [1.165, 1.54) is 16.3 Å². The molecule has 0 heterocycles. The molecule has 0 aliphatic carbocycles. The predicted octanol–water partition coefficient (Wildman–Crippen LogP) is 2.86. The van der Waals surface area contributed by atoms with Gasteiger partial charge in [-0.1, -0.05) is 29.8 Å². The number of benzene rings is 2. The van der Waals surface area contributed by atoms with Crippen LogP contribution in [0.4, 0.5) is 5.69 Å². The van der Waals surface area contributed by atoms with Crippen LogP contribution in [0.15, 0.2) is 36.4 Å². The number of nitrogens with two attached hydrogens (primary N) is 1. The summed E-state index contributed by atoms with van der Waals surface area (Å²) in [5.74, 6) is 5.32. The fraction of sp³-hybridized carbons (Fsp3) is 0.0909. The highest BCUT2D eigenvalue weighted by atomic mass is 35.5. The Balaban J connectivity index is 0.000000980. The van der Waals surface area contributed by atoms with Crippen LogP contribution in [0.1, 0.15) is 5.56 Å². The van der Waals surface area contributed by atoms with Crippen LogP contribution in [0, 0.1) is 6.92 Å². The minimum atomic E-state index is 0. The topological polar surface area (TPSA) is 38.0 Å². The van der Waals surface area contributed by atoms with Crippen molar-refractivity contribution in [3.05, 3.63) is 42.0 Å². The molecule has 0 atom stereocenters. The molecule has 0 amide bonds. The van der Waals surface area contributed by atoms with Gasteiger partial charge in [0.25, 0.3) is 0 Å². The highest BCUT2D eigenvalue weighted by Gasteiger charge is 1.94. The highest BCUT2D eigenvalue weighted by molar-refractivity contribution is 5.86. The molecule has 0 saturated carbocycles. The Morgan fingerprint density at radius 3 is 2.36 bits per heavy atom. The number of hydrogen-bond acceptors (Lipinski definition) is 2. The number of fused-ring (bicyclic) bond motifs is 1. The summed E-state index contributed by atoms with van der Waals surface area (Å²) in [6.07, 6.45) is 0. The summed E-state index contributed by atoms with van der Waals surface area (Å²) < 4.78 is 0. The number of halogens is 1. The van der Waals surface area contributed by atoms with Gasteiger partial charge in [0.05, 0.1) is 0 Å². The minimum Gasteiger partial charge on any atom is -0.324 e. The van der Waals surface area contributed by atoms with Gasteiger partial charge in [-0.2, -0.15) is 0 Å². The van der Waals surface area contributed by atoms with Gasteiger partial charge in [-0.25, -0.2) is 0 Å². The third-order valence-corrected chi connectivity index (χ3v) is 2.16. The van der Waals surface area contributed by atoms with E-state index in [4.69, 9.17) is 5.84 Å². The van der Waals surface area contributed by atoms with E-state index in [1.54, 1.807) is 0 Å². The van der Waals surface area contributed by atoms with Crippen LogP contribution in [0.2, 0.25) is 0 Å². The van der Waals surface area contributed by atoms with Crippen molar-refractivity contribution in [3.8, 4) is 0 Å². The van der Waals surface area contributed by atoms with Gasteiger partial charge >= 0.3 is 0 Å². The van der Waals surface area contributed by atoms with E-state index in [-0.39, 0.29) is 12.4 Å². The first kappa shape index (κ1) is 10.8. The quantitative estimate of drug-likeness (QED) is 0.559. The second-order valence-corrected chi connectivity index (χ2v) is 3.21. The third kappa shape index (κ3) is 1.97. The molecule has 0 unspecified atom stereocenters. The average Bonchev–Trinajstić information content (AvgIpc) is 2.17. The summed E-state index contributed by atoms with van der Waals surface area (Å²) >= 11 is 0. The zero-order chi connectivity index (χ0) is 9.26. The molecule has 14 heavy (non-hydrogen) atoms. The summed E-state index contributed by atoms with van der Waals surface area (Å²) in [6, 6.07) is 12.4. The molecule has 2 rings (SSSR count). The Morgan fingerprint density at radius 2 is 1.64 bits per heavy atom. The number of hydrogen-bond donors (Lipinski definition) is 2. The summed E-state index contributed by atoms with van der Waals surface area (Å²) in [5.41, 5.74) is 4.85. The first-order valence-electron chi connectivity index (χ1n) is 4.26. The van der Waals surface area contributed by atoms with E-state index < -0.39 is 0 Å². The Morgan fingerprint density at radius 1 is 1.00 bits per heavy atom. The first-order valence-corrected chi connectivity index (χ1v) is 4.26. The van der Waals surface area contributed by atoms with Crippen molar-refractivity contribution in [3.63, 3.8) is 0 Å². The maximum absolute atomic E-state index is 5.32. The lowest BCUT2D eigenvalue weighted by molar-refractivity contribution is 1.36. The van der Waals surface area contributed by atoms with Crippen molar-refractivity contribution in [2.75, 3.05) is 5.43 Å². The van der Waals surface area contributed by atoms with Crippen molar-refractivity contribution in [1.29, 1.82) is 0 Å². The molecule has 0 aliphatic rings. The molecule has 74 valence electrons.